The molecule has 1 aromatic rings. The van der Waals surface area contributed by atoms with Crippen molar-refractivity contribution in [3.63, 3.8) is 0 Å². The highest BCUT2D eigenvalue weighted by Crippen LogP contribution is 2.40. The van der Waals surface area contributed by atoms with Crippen molar-refractivity contribution in [3.8, 4) is 0 Å². The molecule has 0 amide bonds. The van der Waals surface area contributed by atoms with Crippen molar-refractivity contribution in [2.45, 2.75) is 30.5 Å². The van der Waals surface area contributed by atoms with Gasteiger partial charge < -0.3 is 24.1 Å². The molecule has 6 heteroatoms. The smallest absolute Gasteiger partial charge is 0.193 e. The highest BCUT2D eigenvalue weighted by Gasteiger charge is 2.48. The lowest BCUT2D eigenvalue weighted by Crippen LogP contribution is -2.50. The Kier molecular flexibility index (Phi) is 5.90. The number of carbonyl (C=O) groups excluding carboxylic acids is 1. The summed E-state index contributed by atoms with van der Waals surface area (Å²) in [6.45, 7) is 0. The Morgan fingerprint density at radius 2 is 1.62 bits per heavy atom. The molecule has 0 saturated carbocycles. The van der Waals surface area contributed by atoms with E-state index < -0.39 is 23.5 Å². The third-order valence-corrected chi connectivity index (χ3v) is 4.48. The molecule has 1 aliphatic rings. The Balaban J connectivity index is 2.38. The number of hydrogen-bond donors (Lipinski definition) is 1. The largest absolute Gasteiger partial charge is 0.380 e. The molecule has 1 N–H and O–H groups in total. The van der Waals surface area contributed by atoms with Crippen LogP contribution in [0.25, 0.3) is 0 Å². The Morgan fingerprint density at radius 1 is 1.04 bits per heavy atom. The zero-order chi connectivity index (χ0) is 17.8. The van der Waals surface area contributed by atoms with Crippen molar-refractivity contribution in [1.82, 2.24) is 0 Å². The van der Waals surface area contributed by atoms with Gasteiger partial charge in [0, 0.05) is 40.4 Å². The maximum atomic E-state index is 12.8. The first-order chi connectivity index (χ1) is 11.4. The molecule has 0 saturated heterocycles. The van der Waals surface area contributed by atoms with Crippen LogP contribution in [0, 0.1) is 0 Å². The van der Waals surface area contributed by atoms with E-state index in [9.17, 15) is 9.90 Å². The molecule has 1 atom stereocenters. The average molecular weight is 336 g/mol. The summed E-state index contributed by atoms with van der Waals surface area (Å²) >= 11 is 0. The van der Waals surface area contributed by atoms with Crippen LogP contribution < -0.4 is 0 Å². The molecule has 0 aliphatic heterocycles. The monoisotopic (exact) mass is 336 g/mol. The second-order valence-electron chi connectivity index (χ2n) is 5.74. The van der Waals surface area contributed by atoms with Gasteiger partial charge in [-0.15, -0.1) is 0 Å². The zero-order valence-electron chi connectivity index (χ0n) is 14.4. The third-order valence-electron chi connectivity index (χ3n) is 4.48. The van der Waals surface area contributed by atoms with E-state index in [2.05, 4.69) is 0 Å². The molecule has 0 aromatic heterocycles. The van der Waals surface area contributed by atoms with Crippen molar-refractivity contribution in [3.05, 3.63) is 47.5 Å². The maximum Gasteiger partial charge on any atom is 0.193 e. The first-order valence-corrected chi connectivity index (χ1v) is 7.64. The van der Waals surface area contributed by atoms with E-state index >= 15 is 0 Å². The first-order valence-electron chi connectivity index (χ1n) is 7.64. The van der Waals surface area contributed by atoms with Gasteiger partial charge in [0.25, 0.3) is 0 Å². The van der Waals surface area contributed by atoms with Gasteiger partial charge in [0.1, 0.15) is 6.10 Å². The van der Waals surface area contributed by atoms with Crippen LogP contribution in [0.3, 0.4) is 0 Å². The van der Waals surface area contributed by atoms with Crippen LogP contribution in [0.5, 0.6) is 0 Å². The van der Waals surface area contributed by atoms with Crippen LogP contribution in [0.4, 0.5) is 0 Å². The van der Waals surface area contributed by atoms with E-state index in [1.54, 1.807) is 30.3 Å². The Morgan fingerprint density at radius 3 is 2.12 bits per heavy atom. The van der Waals surface area contributed by atoms with Crippen LogP contribution in [0.1, 0.15) is 24.5 Å². The van der Waals surface area contributed by atoms with Crippen LogP contribution >= 0.6 is 0 Å². The van der Waals surface area contributed by atoms with Gasteiger partial charge in [-0.05, 0) is 11.6 Å². The number of ketones is 1. The van der Waals surface area contributed by atoms with Crippen LogP contribution in [0.2, 0.25) is 0 Å². The van der Waals surface area contributed by atoms with E-state index in [4.69, 9.17) is 18.9 Å². The fourth-order valence-electron chi connectivity index (χ4n) is 2.93. The van der Waals surface area contributed by atoms with E-state index in [1.165, 1.54) is 28.4 Å². The van der Waals surface area contributed by atoms with Crippen molar-refractivity contribution >= 4 is 5.78 Å². The van der Waals surface area contributed by atoms with Gasteiger partial charge in [-0.2, -0.15) is 0 Å². The van der Waals surface area contributed by atoms with Crippen LogP contribution in [-0.4, -0.2) is 50.9 Å². The first kappa shape index (κ1) is 18.8. The molecular formula is C18H24O6. The number of ether oxygens (including phenoxy) is 4. The lowest BCUT2D eigenvalue weighted by Gasteiger charge is -2.43. The van der Waals surface area contributed by atoms with Gasteiger partial charge in [0.2, 0.25) is 0 Å². The van der Waals surface area contributed by atoms with Crippen LogP contribution in [-0.2, 0) is 23.7 Å². The predicted octanol–water partition coefficient (Wildman–Crippen LogP) is 1.99. The molecule has 0 fully saturated rings. The second kappa shape index (κ2) is 7.55. The summed E-state index contributed by atoms with van der Waals surface area (Å²) in [7, 11) is 5.97. The van der Waals surface area contributed by atoms with Crippen molar-refractivity contribution < 1.29 is 28.8 Å². The highest BCUT2D eigenvalue weighted by atomic mass is 16.7. The topological polar surface area (TPSA) is 74.2 Å². The fraction of sp³-hybridized carbons (Fsp3) is 0.500. The summed E-state index contributed by atoms with van der Waals surface area (Å²) in [5, 5.41) is 10.4. The predicted molar refractivity (Wildman–Crippen MR) is 87.2 cm³/mol. The summed E-state index contributed by atoms with van der Waals surface area (Å²) in [5.41, 5.74) is 0.861. The van der Waals surface area contributed by atoms with E-state index in [0.29, 0.717) is 11.1 Å². The van der Waals surface area contributed by atoms with Gasteiger partial charge in [0.15, 0.2) is 17.4 Å². The molecule has 132 valence electrons. The Labute approximate surface area is 142 Å². The zero-order valence-corrected chi connectivity index (χ0v) is 14.4. The molecule has 2 rings (SSSR count). The SMILES string of the molecule is COC1(OC)C=C(C(=O)C(O)c2ccccc2)CC(OC)(OC)C1. The molecule has 0 heterocycles. The second-order valence-corrected chi connectivity index (χ2v) is 5.74. The lowest BCUT2D eigenvalue weighted by molar-refractivity contribution is -0.280. The third kappa shape index (κ3) is 3.58. The molecular weight excluding hydrogens is 312 g/mol. The van der Waals surface area contributed by atoms with Gasteiger partial charge in [-0.25, -0.2) is 0 Å². The maximum absolute atomic E-state index is 12.8. The molecule has 0 radical (unpaired) electrons. The van der Waals surface area contributed by atoms with Gasteiger partial charge in [0.05, 0.1) is 6.42 Å². The molecule has 1 unspecified atom stereocenters. The minimum atomic E-state index is -1.27. The van der Waals surface area contributed by atoms with Gasteiger partial charge in [-0.3, -0.25) is 4.79 Å². The number of Topliss-reactive ketones (excluding diaryl/α,β-unsaturated/α-hetero) is 1. The van der Waals surface area contributed by atoms with Crippen molar-refractivity contribution in [1.29, 1.82) is 0 Å². The molecule has 1 aromatic carbocycles. The Hall–Kier alpha value is -1.57. The van der Waals surface area contributed by atoms with Crippen molar-refractivity contribution in [2.24, 2.45) is 0 Å². The van der Waals surface area contributed by atoms with Gasteiger partial charge >= 0.3 is 0 Å². The average Bonchev–Trinajstić information content (AvgIpc) is 2.66. The number of aliphatic hydroxyl groups is 1. The van der Waals surface area contributed by atoms with Crippen LogP contribution in [0.15, 0.2) is 42.0 Å². The van der Waals surface area contributed by atoms with E-state index in [0.717, 1.165) is 0 Å². The number of methoxy groups -OCH3 is 4. The molecule has 0 bridgehead atoms. The number of hydrogen-bond acceptors (Lipinski definition) is 6. The van der Waals surface area contributed by atoms with E-state index in [1.807, 2.05) is 6.07 Å². The summed E-state index contributed by atoms with van der Waals surface area (Å²) in [6.07, 6.45) is 0.779. The normalized spacial score (nSPS) is 20.3. The number of aliphatic hydroxyl groups excluding tert-OH is 1. The van der Waals surface area contributed by atoms with Crippen molar-refractivity contribution in [2.75, 3.05) is 28.4 Å². The molecule has 6 nitrogen and oxygen atoms in total. The summed E-state index contributed by atoms with van der Waals surface area (Å²) < 4.78 is 21.9. The molecule has 24 heavy (non-hydrogen) atoms. The fourth-order valence-corrected chi connectivity index (χ4v) is 2.93. The Bertz CT molecular complexity index is 587. The number of benzene rings is 1. The summed E-state index contributed by atoms with van der Waals surface area (Å²) in [5.74, 6) is -2.66. The summed E-state index contributed by atoms with van der Waals surface area (Å²) in [4.78, 5) is 12.8. The standard InChI is InChI=1S/C18H24O6/c1-21-17(22-2)10-14(11-18(12-17,23-3)24-4)16(20)15(19)13-8-6-5-7-9-13/h5-10,15,19H,11-12H2,1-4H3. The number of carbonyl (C=O) groups is 1. The van der Waals surface area contributed by atoms with E-state index in [-0.39, 0.29) is 12.8 Å². The molecule has 0 spiro atoms. The minimum Gasteiger partial charge on any atom is -0.380 e. The van der Waals surface area contributed by atoms with Gasteiger partial charge in [-0.1, -0.05) is 30.3 Å². The highest BCUT2D eigenvalue weighted by molar-refractivity contribution is 5.99. The summed E-state index contributed by atoms with van der Waals surface area (Å²) in [6, 6.07) is 8.76. The quantitative estimate of drug-likeness (QED) is 0.768. The molecule has 1 aliphatic carbocycles. The number of rotatable bonds is 7. The minimum absolute atomic E-state index is 0.192. The lowest BCUT2D eigenvalue weighted by atomic mass is 9.84.